The van der Waals surface area contributed by atoms with E-state index in [1.165, 1.54) is 18.6 Å². The van der Waals surface area contributed by atoms with Gasteiger partial charge < -0.3 is 10.2 Å². The molecule has 1 saturated carbocycles. The standard InChI is InChI=1S/C21H29FN2O2/c1-2-19-8-3-4-13-24(19)21(26)16-11-9-15(10-12-16)20(25)23-18-7-5-6-17(22)14-18/h5-7,14-16,19H,2-4,8-13H2,1H3,(H,23,25). The molecule has 1 unspecified atom stereocenters. The number of carbonyl (C=O) groups is 2. The number of nitrogens with one attached hydrogen (secondary N) is 1. The monoisotopic (exact) mass is 360 g/mol. The zero-order chi connectivity index (χ0) is 18.5. The highest BCUT2D eigenvalue weighted by molar-refractivity contribution is 5.92. The van der Waals surface area contributed by atoms with E-state index in [1.807, 2.05) is 0 Å². The summed E-state index contributed by atoms with van der Waals surface area (Å²) in [6.45, 7) is 3.04. The molecule has 1 N–H and O–H groups in total. The average Bonchev–Trinajstić information content (AvgIpc) is 2.67. The lowest BCUT2D eigenvalue weighted by Crippen LogP contribution is -2.47. The minimum atomic E-state index is -0.357. The summed E-state index contributed by atoms with van der Waals surface area (Å²) in [4.78, 5) is 27.4. The second-order valence-electron chi connectivity index (χ2n) is 7.64. The molecular formula is C21H29FN2O2. The Morgan fingerprint density at radius 2 is 1.85 bits per heavy atom. The van der Waals surface area contributed by atoms with Gasteiger partial charge in [0.15, 0.2) is 0 Å². The number of anilines is 1. The van der Waals surface area contributed by atoms with Crippen LogP contribution in [-0.2, 0) is 9.59 Å². The minimum Gasteiger partial charge on any atom is -0.339 e. The average molecular weight is 360 g/mol. The number of rotatable bonds is 4. The van der Waals surface area contributed by atoms with Crippen molar-refractivity contribution in [3.8, 4) is 0 Å². The topological polar surface area (TPSA) is 49.4 Å². The van der Waals surface area contributed by atoms with Crippen LogP contribution >= 0.6 is 0 Å². The Morgan fingerprint density at radius 1 is 1.12 bits per heavy atom. The van der Waals surface area contributed by atoms with Crippen molar-refractivity contribution in [2.45, 2.75) is 64.3 Å². The van der Waals surface area contributed by atoms with Gasteiger partial charge in [-0.2, -0.15) is 0 Å². The summed E-state index contributed by atoms with van der Waals surface area (Å²) in [7, 11) is 0. The number of hydrogen-bond donors (Lipinski definition) is 1. The van der Waals surface area contributed by atoms with Gasteiger partial charge in [-0.05, 0) is 69.6 Å². The molecule has 0 radical (unpaired) electrons. The Balaban J connectivity index is 1.52. The van der Waals surface area contributed by atoms with Crippen LogP contribution in [0.15, 0.2) is 24.3 Å². The lowest BCUT2D eigenvalue weighted by Gasteiger charge is -2.39. The quantitative estimate of drug-likeness (QED) is 0.867. The lowest BCUT2D eigenvalue weighted by molar-refractivity contribution is -0.141. The Bertz CT molecular complexity index is 641. The summed E-state index contributed by atoms with van der Waals surface area (Å²) in [5.74, 6) is -0.165. The predicted molar refractivity (Wildman–Crippen MR) is 100 cm³/mol. The van der Waals surface area contributed by atoms with Gasteiger partial charge >= 0.3 is 0 Å². The third-order valence-corrected chi connectivity index (χ3v) is 5.92. The molecule has 3 rings (SSSR count). The number of piperidine rings is 1. The van der Waals surface area contributed by atoms with Crippen LogP contribution in [0.5, 0.6) is 0 Å². The molecule has 1 aliphatic heterocycles. The van der Waals surface area contributed by atoms with Crippen LogP contribution in [0.25, 0.3) is 0 Å². The smallest absolute Gasteiger partial charge is 0.227 e. The summed E-state index contributed by atoms with van der Waals surface area (Å²) in [5.41, 5.74) is 0.493. The predicted octanol–water partition coefficient (Wildman–Crippen LogP) is 4.36. The largest absolute Gasteiger partial charge is 0.339 e. The molecule has 142 valence electrons. The van der Waals surface area contributed by atoms with E-state index in [2.05, 4.69) is 17.1 Å². The first-order chi connectivity index (χ1) is 12.6. The van der Waals surface area contributed by atoms with Gasteiger partial charge in [0.2, 0.25) is 11.8 Å². The third kappa shape index (κ3) is 4.43. The van der Waals surface area contributed by atoms with Gasteiger partial charge in [-0.25, -0.2) is 4.39 Å². The van der Waals surface area contributed by atoms with Gasteiger partial charge in [-0.3, -0.25) is 9.59 Å². The first-order valence-corrected chi connectivity index (χ1v) is 9.95. The number of benzene rings is 1. The second-order valence-corrected chi connectivity index (χ2v) is 7.64. The molecule has 0 bridgehead atoms. The molecule has 0 aromatic heterocycles. The van der Waals surface area contributed by atoms with Crippen molar-refractivity contribution in [2.75, 3.05) is 11.9 Å². The van der Waals surface area contributed by atoms with E-state index in [0.717, 1.165) is 51.5 Å². The molecule has 2 fully saturated rings. The van der Waals surface area contributed by atoms with Crippen LogP contribution in [0.4, 0.5) is 10.1 Å². The van der Waals surface area contributed by atoms with Crippen molar-refractivity contribution < 1.29 is 14.0 Å². The van der Waals surface area contributed by atoms with Crippen LogP contribution in [0, 0.1) is 17.7 Å². The van der Waals surface area contributed by atoms with Crippen molar-refractivity contribution in [1.82, 2.24) is 4.90 Å². The van der Waals surface area contributed by atoms with Gasteiger partial charge in [0.1, 0.15) is 5.82 Å². The first kappa shape index (κ1) is 18.9. The van der Waals surface area contributed by atoms with E-state index in [9.17, 15) is 14.0 Å². The van der Waals surface area contributed by atoms with Crippen LogP contribution in [-0.4, -0.2) is 29.3 Å². The van der Waals surface area contributed by atoms with Crippen molar-refractivity contribution in [2.24, 2.45) is 11.8 Å². The number of amides is 2. The normalized spacial score (nSPS) is 26.4. The molecule has 1 atom stereocenters. The van der Waals surface area contributed by atoms with Crippen molar-refractivity contribution in [3.05, 3.63) is 30.1 Å². The molecule has 1 aromatic rings. The number of hydrogen-bond acceptors (Lipinski definition) is 2. The maximum atomic E-state index is 13.2. The van der Waals surface area contributed by atoms with Crippen molar-refractivity contribution >= 4 is 17.5 Å². The molecule has 4 nitrogen and oxygen atoms in total. The highest BCUT2D eigenvalue weighted by Crippen LogP contribution is 2.33. The third-order valence-electron chi connectivity index (χ3n) is 5.92. The van der Waals surface area contributed by atoms with Gasteiger partial charge in [0.05, 0.1) is 0 Å². The Hall–Kier alpha value is -1.91. The summed E-state index contributed by atoms with van der Waals surface area (Å²) < 4.78 is 13.2. The molecule has 2 amide bonds. The van der Waals surface area contributed by atoms with Gasteiger partial charge in [-0.1, -0.05) is 13.0 Å². The molecule has 0 spiro atoms. The minimum absolute atomic E-state index is 0.0559. The fourth-order valence-corrected chi connectivity index (χ4v) is 4.36. The molecule has 2 aliphatic rings. The van der Waals surface area contributed by atoms with Crippen LogP contribution in [0.3, 0.4) is 0 Å². The lowest BCUT2D eigenvalue weighted by atomic mass is 9.80. The molecule has 1 aliphatic carbocycles. The zero-order valence-electron chi connectivity index (χ0n) is 15.5. The number of halogens is 1. The van der Waals surface area contributed by atoms with E-state index < -0.39 is 0 Å². The number of likely N-dealkylation sites (tertiary alicyclic amines) is 1. The molecule has 1 heterocycles. The zero-order valence-corrected chi connectivity index (χ0v) is 15.5. The maximum Gasteiger partial charge on any atom is 0.227 e. The van der Waals surface area contributed by atoms with Gasteiger partial charge in [0, 0.05) is 30.1 Å². The van der Waals surface area contributed by atoms with E-state index in [1.54, 1.807) is 12.1 Å². The van der Waals surface area contributed by atoms with E-state index in [0.29, 0.717) is 17.6 Å². The van der Waals surface area contributed by atoms with Crippen LogP contribution in [0.2, 0.25) is 0 Å². The summed E-state index contributed by atoms with van der Waals surface area (Å²) in [5, 5.41) is 2.80. The summed E-state index contributed by atoms with van der Waals surface area (Å²) in [6, 6.07) is 6.36. The van der Waals surface area contributed by atoms with Gasteiger partial charge in [-0.15, -0.1) is 0 Å². The second kappa shape index (κ2) is 8.65. The number of nitrogens with zero attached hydrogens (tertiary/aromatic N) is 1. The molecular weight excluding hydrogens is 331 g/mol. The fourth-order valence-electron chi connectivity index (χ4n) is 4.36. The van der Waals surface area contributed by atoms with E-state index in [-0.39, 0.29) is 23.6 Å². The molecule has 1 aromatic carbocycles. The van der Waals surface area contributed by atoms with Crippen molar-refractivity contribution in [3.63, 3.8) is 0 Å². The van der Waals surface area contributed by atoms with Crippen LogP contribution < -0.4 is 5.32 Å². The Labute approximate surface area is 155 Å². The Morgan fingerprint density at radius 3 is 2.54 bits per heavy atom. The molecule has 5 heteroatoms. The summed E-state index contributed by atoms with van der Waals surface area (Å²) >= 11 is 0. The van der Waals surface area contributed by atoms with Crippen LogP contribution in [0.1, 0.15) is 58.3 Å². The fraction of sp³-hybridized carbons (Fsp3) is 0.619. The maximum absolute atomic E-state index is 13.2. The van der Waals surface area contributed by atoms with Gasteiger partial charge in [0.25, 0.3) is 0 Å². The highest BCUT2D eigenvalue weighted by atomic mass is 19.1. The SMILES string of the molecule is CCC1CCCCN1C(=O)C1CCC(C(=O)Nc2cccc(F)c2)CC1. The van der Waals surface area contributed by atoms with E-state index >= 15 is 0 Å². The molecule has 1 saturated heterocycles. The molecule has 26 heavy (non-hydrogen) atoms. The number of carbonyl (C=O) groups excluding carboxylic acids is 2. The van der Waals surface area contributed by atoms with Crippen molar-refractivity contribution in [1.29, 1.82) is 0 Å². The highest BCUT2D eigenvalue weighted by Gasteiger charge is 2.34. The summed E-state index contributed by atoms with van der Waals surface area (Å²) in [6.07, 6.45) is 7.46. The van der Waals surface area contributed by atoms with E-state index in [4.69, 9.17) is 0 Å². The first-order valence-electron chi connectivity index (χ1n) is 9.95. The Kier molecular flexibility index (Phi) is 6.28.